The first kappa shape index (κ1) is 15.9. The Morgan fingerprint density at radius 1 is 1.23 bits per heavy atom. The van der Waals surface area contributed by atoms with Crippen molar-refractivity contribution in [3.63, 3.8) is 0 Å². The summed E-state index contributed by atoms with van der Waals surface area (Å²) in [5, 5.41) is 8.58. The number of nitrogens with one attached hydrogen (secondary N) is 1. The van der Waals surface area contributed by atoms with Crippen LogP contribution in [0.4, 0.5) is 4.39 Å². The molecule has 0 aliphatic carbocycles. The predicted molar refractivity (Wildman–Crippen MR) is 81.5 cm³/mol. The Balaban J connectivity index is 2.18. The summed E-state index contributed by atoms with van der Waals surface area (Å²) < 4.78 is 13.3. The van der Waals surface area contributed by atoms with E-state index in [1.54, 1.807) is 11.7 Å². The van der Waals surface area contributed by atoms with Gasteiger partial charge in [-0.2, -0.15) is 0 Å². The van der Waals surface area contributed by atoms with Gasteiger partial charge in [-0.25, -0.2) is 9.87 Å². The maximum absolute atomic E-state index is 13.3. The lowest BCUT2D eigenvalue weighted by molar-refractivity contribution is -0.129. The van der Waals surface area contributed by atoms with Crippen LogP contribution < -0.4 is 5.48 Å². The van der Waals surface area contributed by atoms with Gasteiger partial charge in [-0.15, -0.1) is 0 Å². The van der Waals surface area contributed by atoms with Crippen LogP contribution in [-0.2, 0) is 11.2 Å². The van der Waals surface area contributed by atoms with Gasteiger partial charge in [-0.1, -0.05) is 36.4 Å². The third kappa shape index (κ3) is 4.79. The summed E-state index contributed by atoms with van der Waals surface area (Å²) in [6.07, 6.45) is 5.84. The molecule has 1 amide bonds. The number of hydrogen-bond donors (Lipinski definition) is 2. The molecule has 1 heterocycles. The number of halogens is 1. The molecule has 0 saturated carbocycles. The molecule has 2 aromatic rings. The fourth-order valence-corrected chi connectivity index (χ4v) is 2.11. The molecule has 1 aromatic carbocycles. The lowest BCUT2D eigenvalue weighted by Crippen LogP contribution is -2.18. The van der Waals surface area contributed by atoms with Crippen LogP contribution in [0, 0.1) is 5.82 Å². The average molecular weight is 300 g/mol. The normalized spacial score (nSPS) is 11.3. The SMILES string of the molecule is O=C(CC/C(=C\Cc1ccccc1)c1cncc(F)c1)NO. The first-order valence-corrected chi connectivity index (χ1v) is 6.96. The second kappa shape index (κ2) is 8.05. The largest absolute Gasteiger partial charge is 0.289 e. The monoisotopic (exact) mass is 300 g/mol. The Morgan fingerprint density at radius 2 is 2.00 bits per heavy atom. The van der Waals surface area contributed by atoms with Gasteiger partial charge in [0.2, 0.25) is 5.91 Å². The lowest BCUT2D eigenvalue weighted by atomic mass is 9.99. The van der Waals surface area contributed by atoms with E-state index in [1.807, 2.05) is 36.4 Å². The summed E-state index contributed by atoms with van der Waals surface area (Å²) in [7, 11) is 0. The molecule has 0 spiro atoms. The first-order valence-electron chi connectivity index (χ1n) is 6.96. The van der Waals surface area contributed by atoms with Crippen molar-refractivity contribution in [2.75, 3.05) is 0 Å². The number of amides is 1. The fourth-order valence-electron chi connectivity index (χ4n) is 2.11. The van der Waals surface area contributed by atoms with Gasteiger partial charge in [0.1, 0.15) is 5.82 Å². The molecule has 22 heavy (non-hydrogen) atoms. The molecule has 2 rings (SSSR count). The van der Waals surface area contributed by atoms with Gasteiger partial charge in [0.05, 0.1) is 6.20 Å². The molecule has 0 bridgehead atoms. The van der Waals surface area contributed by atoms with E-state index in [9.17, 15) is 9.18 Å². The Hall–Kier alpha value is -2.53. The zero-order valence-corrected chi connectivity index (χ0v) is 12.0. The molecule has 4 nitrogen and oxygen atoms in total. The molecule has 5 heteroatoms. The van der Waals surface area contributed by atoms with Crippen molar-refractivity contribution in [1.82, 2.24) is 10.5 Å². The lowest BCUT2D eigenvalue weighted by Gasteiger charge is -2.08. The number of carbonyl (C=O) groups is 1. The molecule has 0 saturated heterocycles. The molecular formula is C17H17FN2O2. The first-order chi connectivity index (χ1) is 10.7. The summed E-state index contributed by atoms with van der Waals surface area (Å²) in [6.45, 7) is 0. The molecule has 0 unspecified atom stereocenters. The summed E-state index contributed by atoms with van der Waals surface area (Å²) in [5.74, 6) is -0.898. The highest BCUT2D eigenvalue weighted by Crippen LogP contribution is 2.21. The molecule has 1 aromatic heterocycles. The van der Waals surface area contributed by atoms with Crippen LogP contribution >= 0.6 is 0 Å². The Kier molecular flexibility index (Phi) is 5.80. The van der Waals surface area contributed by atoms with Crippen LogP contribution in [0.5, 0.6) is 0 Å². The van der Waals surface area contributed by atoms with Crippen LogP contribution in [-0.4, -0.2) is 16.1 Å². The van der Waals surface area contributed by atoms with Crippen molar-refractivity contribution >= 4 is 11.5 Å². The van der Waals surface area contributed by atoms with Gasteiger partial charge in [-0.05, 0) is 35.6 Å². The van der Waals surface area contributed by atoms with Crippen LogP contribution in [0.2, 0.25) is 0 Å². The number of pyridine rings is 1. The number of benzene rings is 1. The highest BCUT2D eigenvalue weighted by Gasteiger charge is 2.07. The number of allylic oxidation sites excluding steroid dienone is 2. The van der Waals surface area contributed by atoms with E-state index in [0.717, 1.165) is 17.3 Å². The van der Waals surface area contributed by atoms with Gasteiger partial charge in [-0.3, -0.25) is 15.0 Å². The third-order valence-corrected chi connectivity index (χ3v) is 3.25. The molecular weight excluding hydrogens is 283 g/mol. The van der Waals surface area contributed by atoms with E-state index in [4.69, 9.17) is 5.21 Å². The van der Waals surface area contributed by atoms with Gasteiger partial charge in [0, 0.05) is 12.6 Å². The minimum atomic E-state index is -0.477. The van der Waals surface area contributed by atoms with Crippen LogP contribution in [0.1, 0.15) is 24.0 Å². The standard InChI is InChI=1S/C17H17FN2O2/c18-16-10-15(11-19-12-16)14(8-9-17(21)20-22)7-6-13-4-2-1-3-5-13/h1-5,7,10-12,22H,6,8-9H2,(H,20,21)/b14-7+. The average Bonchev–Trinajstić information content (AvgIpc) is 2.55. The van der Waals surface area contributed by atoms with Gasteiger partial charge in [0.15, 0.2) is 0 Å². The fraction of sp³-hybridized carbons (Fsp3) is 0.176. The predicted octanol–water partition coefficient (Wildman–Crippen LogP) is 3.13. The van der Waals surface area contributed by atoms with E-state index >= 15 is 0 Å². The van der Waals surface area contributed by atoms with Crippen LogP contribution in [0.25, 0.3) is 5.57 Å². The quantitative estimate of drug-likeness (QED) is 0.636. The van der Waals surface area contributed by atoms with Crippen LogP contribution in [0.15, 0.2) is 54.9 Å². The number of nitrogens with zero attached hydrogens (tertiary/aromatic N) is 1. The molecule has 0 fully saturated rings. The Bertz CT molecular complexity index is 657. The van der Waals surface area contributed by atoms with Gasteiger partial charge < -0.3 is 0 Å². The topological polar surface area (TPSA) is 62.2 Å². The highest BCUT2D eigenvalue weighted by molar-refractivity contribution is 5.77. The maximum Gasteiger partial charge on any atom is 0.243 e. The van der Waals surface area contributed by atoms with Crippen molar-refractivity contribution in [2.45, 2.75) is 19.3 Å². The van der Waals surface area contributed by atoms with E-state index in [1.165, 1.54) is 6.07 Å². The summed E-state index contributed by atoms with van der Waals surface area (Å²) >= 11 is 0. The maximum atomic E-state index is 13.3. The zero-order valence-electron chi connectivity index (χ0n) is 12.0. The van der Waals surface area contributed by atoms with Crippen molar-refractivity contribution in [1.29, 1.82) is 0 Å². The van der Waals surface area contributed by atoms with E-state index in [0.29, 0.717) is 18.4 Å². The number of hydroxylamine groups is 1. The molecule has 0 radical (unpaired) electrons. The molecule has 114 valence electrons. The smallest absolute Gasteiger partial charge is 0.243 e. The third-order valence-electron chi connectivity index (χ3n) is 3.25. The molecule has 2 N–H and O–H groups in total. The van der Waals surface area contributed by atoms with E-state index in [2.05, 4.69) is 4.98 Å². The molecule has 0 aliphatic heterocycles. The minimum Gasteiger partial charge on any atom is -0.289 e. The number of rotatable bonds is 6. The molecule has 0 aliphatic rings. The summed E-state index contributed by atoms with van der Waals surface area (Å²) in [5.41, 5.74) is 4.18. The van der Waals surface area contributed by atoms with Gasteiger partial charge >= 0.3 is 0 Å². The van der Waals surface area contributed by atoms with Gasteiger partial charge in [0.25, 0.3) is 0 Å². The van der Waals surface area contributed by atoms with Crippen molar-refractivity contribution in [3.05, 3.63) is 71.8 Å². The second-order valence-electron chi connectivity index (χ2n) is 4.85. The van der Waals surface area contributed by atoms with Crippen molar-refractivity contribution in [2.24, 2.45) is 0 Å². The van der Waals surface area contributed by atoms with E-state index in [-0.39, 0.29) is 6.42 Å². The van der Waals surface area contributed by atoms with E-state index < -0.39 is 11.7 Å². The highest BCUT2D eigenvalue weighted by atomic mass is 19.1. The summed E-state index contributed by atoms with van der Waals surface area (Å²) in [6, 6.07) is 11.2. The Morgan fingerprint density at radius 3 is 2.68 bits per heavy atom. The second-order valence-corrected chi connectivity index (χ2v) is 4.85. The minimum absolute atomic E-state index is 0.119. The Labute approximate surface area is 128 Å². The molecule has 0 atom stereocenters. The van der Waals surface area contributed by atoms with Crippen LogP contribution in [0.3, 0.4) is 0 Å². The summed E-state index contributed by atoms with van der Waals surface area (Å²) in [4.78, 5) is 15.1. The zero-order chi connectivity index (χ0) is 15.8. The van der Waals surface area contributed by atoms with Crippen molar-refractivity contribution in [3.8, 4) is 0 Å². The number of aromatic nitrogens is 1. The number of hydrogen-bond acceptors (Lipinski definition) is 3. The number of carbonyl (C=O) groups excluding carboxylic acids is 1. The van der Waals surface area contributed by atoms with Crippen molar-refractivity contribution < 1.29 is 14.4 Å².